The topological polar surface area (TPSA) is 57.5 Å². The van der Waals surface area contributed by atoms with E-state index in [1.165, 1.54) is 12.2 Å². The summed E-state index contributed by atoms with van der Waals surface area (Å²) in [6.45, 7) is 0. The minimum Gasteiger partial charge on any atom is -0.508 e. The lowest BCUT2D eigenvalue weighted by atomic mass is 10.1. The molecule has 0 saturated heterocycles. The predicted molar refractivity (Wildman–Crippen MR) is 88.3 cm³/mol. The van der Waals surface area contributed by atoms with Crippen LogP contribution < -0.4 is 0 Å². The number of phenols is 1. The number of aromatic hydroxyl groups is 1. The Morgan fingerprint density at radius 1 is 0.818 bits per heavy atom. The number of aliphatic hydroxyl groups is 1. The van der Waals surface area contributed by atoms with Gasteiger partial charge in [0, 0.05) is 6.08 Å². The second-order valence-electron chi connectivity index (χ2n) is 4.64. The molecule has 0 amide bonds. The number of carbonyl (C=O) groups excluding carboxylic acids is 1. The van der Waals surface area contributed by atoms with Crippen molar-refractivity contribution in [2.45, 2.75) is 0 Å². The van der Waals surface area contributed by atoms with Crippen LogP contribution in [0.5, 0.6) is 5.75 Å². The summed E-state index contributed by atoms with van der Waals surface area (Å²) < 4.78 is 0. The van der Waals surface area contributed by atoms with Gasteiger partial charge < -0.3 is 10.2 Å². The lowest BCUT2D eigenvalue weighted by Gasteiger charge is -1.94. The molecule has 2 aromatic carbocycles. The van der Waals surface area contributed by atoms with Crippen LogP contribution in [0.15, 0.2) is 78.6 Å². The zero-order valence-corrected chi connectivity index (χ0v) is 11.9. The van der Waals surface area contributed by atoms with Crippen LogP contribution in [-0.2, 0) is 4.79 Å². The second kappa shape index (κ2) is 7.64. The molecule has 0 radical (unpaired) electrons. The van der Waals surface area contributed by atoms with Gasteiger partial charge in [-0.2, -0.15) is 0 Å². The molecule has 0 spiro atoms. The fraction of sp³-hybridized carbons (Fsp3) is 0. The van der Waals surface area contributed by atoms with E-state index in [2.05, 4.69) is 0 Å². The highest BCUT2D eigenvalue weighted by Crippen LogP contribution is 2.11. The largest absolute Gasteiger partial charge is 0.508 e. The van der Waals surface area contributed by atoms with Gasteiger partial charge in [0.05, 0.1) is 0 Å². The number of ketones is 1. The third-order valence-corrected chi connectivity index (χ3v) is 2.87. The molecule has 2 aromatic rings. The Bertz CT molecular complexity index is 708. The van der Waals surface area contributed by atoms with Crippen LogP contribution in [0.3, 0.4) is 0 Å². The molecule has 0 fully saturated rings. The molecule has 2 N–H and O–H groups in total. The van der Waals surface area contributed by atoms with Crippen LogP contribution in [0.25, 0.3) is 12.2 Å². The highest BCUT2D eigenvalue weighted by Gasteiger charge is 1.95. The molecular weight excluding hydrogens is 276 g/mol. The summed E-state index contributed by atoms with van der Waals surface area (Å²) in [6.07, 6.45) is 7.33. The Kier molecular flexibility index (Phi) is 5.32. The van der Waals surface area contributed by atoms with Crippen molar-refractivity contribution in [2.24, 2.45) is 0 Å². The molecule has 0 aliphatic rings. The summed E-state index contributed by atoms with van der Waals surface area (Å²) in [5.41, 5.74) is 1.73. The summed E-state index contributed by atoms with van der Waals surface area (Å²) in [5, 5.41) is 18.9. The monoisotopic (exact) mass is 292 g/mol. The molecule has 3 heteroatoms. The molecule has 0 aliphatic carbocycles. The average Bonchev–Trinajstić information content (AvgIpc) is 2.53. The first kappa shape index (κ1) is 15.3. The van der Waals surface area contributed by atoms with E-state index in [-0.39, 0.29) is 17.3 Å². The summed E-state index contributed by atoms with van der Waals surface area (Å²) in [5.74, 6) is -0.250. The Hall–Kier alpha value is -3.07. The van der Waals surface area contributed by atoms with Gasteiger partial charge in [-0.05, 0) is 35.4 Å². The molecule has 0 saturated carbocycles. The maximum Gasteiger partial charge on any atom is 0.182 e. The number of allylic oxidation sites excluding steroid dienone is 3. The van der Waals surface area contributed by atoms with Gasteiger partial charge in [0.2, 0.25) is 0 Å². The van der Waals surface area contributed by atoms with Crippen molar-refractivity contribution in [1.82, 2.24) is 0 Å². The number of carbonyl (C=O) groups is 1. The number of hydrogen-bond donors (Lipinski definition) is 2. The van der Waals surface area contributed by atoms with Gasteiger partial charge in [-0.15, -0.1) is 0 Å². The molecular formula is C19H16O3. The van der Waals surface area contributed by atoms with E-state index >= 15 is 0 Å². The molecule has 0 aromatic heterocycles. The Morgan fingerprint density at radius 3 is 2.09 bits per heavy atom. The molecule has 0 bridgehead atoms. The summed E-state index contributed by atoms with van der Waals surface area (Å²) in [4.78, 5) is 11.7. The van der Waals surface area contributed by atoms with Gasteiger partial charge in [0.1, 0.15) is 11.5 Å². The van der Waals surface area contributed by atoms with Crippen LogP contribution in [-0.4, -0.2) is 16.0 Å². The maximum absolute atomic E-state index is 11.7. The van der Waals surface area contributed by atoms with Gasteiger partial charge in [-0.1, -0.05) is 54.6 Å². The number of hydrogen-bond acceptors (Lipinski definition) is 3. The van der Waals surface area contributed by atoms with Crippen molar-refractivity contribution in [1.29, 1.82) is 0 Å². The summed E-state index contributed by atoms with van der Waals surface area (Å²) in [6, 6.07) is 16.0. The van der Waals surface area contributed by atoms with Crippen molar-refractivity contribution in [3.05, 3.63) is 89.7 Å². The van der Waals surface area contributed by atoms with E-state index in [1.807, 2.05) is 30.3 Å². The zero-order valence-electron chi connectivity index (χ0n) is 11.9. The smallest absolute Gasteiger partial charge is 0.182 e. The molecule has 0 aliphatic heterocycles. The lowest BCUT2D eigenvalue weighted by molar-refractivity contribution is -0.110. The van der Waals surface area contributed by atoms with Crippen LogP contribution >= 0.6 is 0 Å². The van der Waals surface area contributed by atoms with Gasteiger partial charge in [-0.25, -0.2) is 0 Å². The molecule has 0 unspecified atom stereocenters. The minimum absolute atomic E-state index is 0.107. The van der Waals surface area contributed by atoms with E-state index < -0.39 is 0 Å². The highest BCUT2D eigenvalue weighted by atomic mass is 16.3. The van der Waals surface area contributed by atoms with E-state index in [0.29, 0.717) is 0 Å². The van der Waals surface area contributed by atoms with Gasteiger partial charge in [0.15, 0.2) is 5.78 Å². The third-order valence-electron chi connectivity index (χ3n) is 2.87. The summed E-state index contributed by atoms with van der Waals surface area (Å²) >= 11 is 0. The summed E-state index contributed by atoms with van der Waals surface area (Å²) in [7, 11) is 0. The molecule has 0 heterocycles. The fourth-order valence-electron chi connectivity index (χ4n) is 1.75. The Labute approximate surface area is 129 Å². The number of phenolic OH excluding ortho intramolecular Hbond substituents is 1. The van der Waals surface area contributed by atoms with E-state index in [0.717, 1.165) is 17.2 Å². The average molecular weight is 292 g/mol. The quantitative estimate of drug-likeness (QED) is 0.495. The zero-order chi connectivity index (χ0) is 15.8. The third kappa shape index (κ3) is 5.13. The number of rotatable bonds is 5. The van der Waals surface area contributed by atoms with E-state index in [4.69, 9.17) is 5.11 Å². The molecule has 2 rings (SSSR count). The normalized spacial score (nSPS) is 12.1. The van der Waals surface area contributed by atoms with Crippen LogP contribution in [0.4, 0.5) is 0 Å². The standard InChI is InChI=1S/C19H16O3/c20-17-10-6-16(7-11-17)9-13-19(22)14-18(21)12-8-15-4-2-1-3-5-15/h1-14,20-21H/b12-8+,13-9+,18-14?. The molecule has 110 valence electrons. The van der Waals surface area contributed by atoms with E-state index in [1.54, 1.807) is 36.4 Å². The van der Waals surface area contributed by atoms with Crippen LogP contribution in [0.2, 0.25) is 0 Å². The van der Waals surface area contributed by atoms with Gasteiger partial charge >= 0.3 is 0 Å². The van der Waals surface area contributed by atoms with Crippen molar-refractivity contribution < 1.29 is 15.0 Å². The van der Waals surface area contributed by atoms with Crippen LogP contribution in [0, 0.1) is 0 Å². The second-order valence-corrected chi connectivity index (χ2v) is 4.64. The predicted octanol–water partition coefficient (Wildman–Crippen LogP) is 4.13. The first-order chi connectivity index (χ1) is 10.6. The van der Waals surface area contributed by atoms with Gasteiger partial charge in [-0.3, -0.25) is 4.79 Å². The van der Waals surface area contributed by atoms with Crippen molar-refractivity contribution >= 4 is 17.9 Å². The first-order valence-corrected chi connectivity index (χ1v) is 6.78. The van der Waals surface area contributed by atoms with Crippen LogP contribution in [0.1, 0.15) is 11.1 Å². The van der Waals surface area contributed by atoms with E-state index in [9.17, 15) is 9.90 Å². The minimum atomic E-state index is -0.316. The lowest BCUT2D eigenvalue weighted by Crippen LogP contribution is -1.88. The Balaban J connectivity index is 1.97. The fourth-order valence-corrected chi connectivity index (χ4v) is 1.75. The van der Waals surface area contributed by atoms with Crippen molar-refractivity contribution in [3.63, 3.8) is 0 Å². The molecule has 0 atom stereocenters. The number of aliphatic hydroxyl groups excluding tert-OH is 1. The first-order valence-electron chi connectivity index (χ1n) is 6.78. The van der Waals surface area contributed by atoms with Crippen molar-refractivity contribution in [2.75, 3.05) is 0 Å². The number of benzene rings is 2. The van der Waals surface area contributed by atoms with Crippen molar-refractivity contribution in [3.8, 4) is 5.75 Å². The molecule has 22 heavy (non-hydrogen) atoms. The molecule has 3 nitrogen and oxygen atoms in total. The van der Waals surface area contributed by atoms with Gasteiger partial charge in [0.25, 0.3) is 0 Å². The maximum atomic E-state index is 11.7. The highest BCUT2D eigenvalue weighted by molar-refractivity contribution is 6.02. The SMILES string of the molecule is O=C(C=C(O)/C=C/c1ccccc1)/C=C/c1ccc(O)cc1. The Morgan fingerprint density at radius 2 is 1.41 bits per heavy atom.